The number of piperazine rings is 1. The Morgan fingerprint density at radius 2 is 1.83 bits per heavy atom. The number of carbonyl (C=O) groups is 1. The standard InChI is InChI=1S/C18H20ClN3O/c1-13-3-4-14(2)17(11-13)21-7-9-22(10-8-21)18(23)16-12-15(19)5-6-20-16/h3-6,11-12H,7-10H2,1-2H3. The Hall–Kier alpha value is -2.07. The van der Waals surface area contributed by atoms with E-state index in [4.69, 9.17) is 11.6 Å². The van der Waals surface area contributed by atoms with Gasteiger partial charge in [0.05, 0.1) is 0 Å². The number of anilines is 1. The number of pyridine rings is 1. The highest BCUT2D eigenvalue weighted by Crippen LogP contribution is 2.23. The molecule has 1 aliphatic rings. The Morgan fingerprint density at radius 3 is 2.52 bits per heavy atom. The maximum absolute atomic E-state index is 12.5. The highest BCUT2D eigenvalue weighted by atomic mass is 35.5. The van der Waals surface area contributed by atoms with E-state index in [1.807, 2.05) is 4.90 Å². The van der Waals surface area contributed by atoms with Crippen LogP contribution >= 0.6 is 11.6 Å². The number of carbonyl (C=O) groups excluding carboxylic acids is 1. The minimum atomic E-state index is -0.0480. The number of aromatic nitrogens is 1. The van der Waals surface area contributed by atoms with E-state index in [1.54, 1.807) is 18.3 Å². The van der Waals surface area contributed by atoms with Crippen molar-refractivity contribution in [3.63, 3.8) is 0 Å². The van der Waals surface area contributed by atoms with Gasteiger partial charge in [0, 0.05) is 43.1 Å². The van der Waals surface area contributed by atoms with Crippen LogP contribution in [0.5, 0.6) is 0 Å². The van der Waals surface area contributed by atoms with Crippen LogP contribution in [0, 0.1) is 13.8 Å². The minimum absolute atomic E-state index is 0.0480. The molecule has 0 unspecified atom stereocenters. The van der Waals surface area contributed by atoms with Crippen LogP contribution in [0.2, 0.25) is 5.02 Å². The molecule has 5 heteroatoms. The van der Waals surface area contributed by atoms with Gasteiger partial charge in [-0.25, -0.2) is 0 Å². The first-order valence-corrected chi connectivity index (χ1v) is 8.15. The Kier molecular flexibility index (Phi) is 4.53. The molecule has 0 radical (unpaired) electrons. The van der Waals surface area contributed by atoms with Crippen molar-refractivity contribution in [2.45, 2.75) is 13.8 Å². The lowest BCUT2D eigenvalue weighted by Crippen LogP contribution is -2.49. The molecule has 1 fully saturated rings. The quantitative estimate of drug-likeness (QED) is 0.848. The van der Waals surface area contributed by atoms with Gasteiger partial charge in [-0.2, -0.15) is 0 Å². The summed E-state index contributed by atoms with van der Waals surface area (Å²) in [6.07, 6.45) is 1.57. The van der Waals surface area contributed by atoms with Crippen molar-refractivity contribution in [2.75, 3.05) is 31.1 Å². The SMILES string of the molecule is Cc1ccc(C)c(N2CCN(C(=O)c3cc(Cl)ccn3)CC2)c1. The molecule has 1 aliphatic heterocycles. The molecule has 0 spiro atoms. The molecule has 0 aliphatic carbocycles. The lowest BCUT2D eigenvalue weighted by molar-refractivity contribution is 0.0741. The summed E-state index contributed by atoms with van der Waals surface area (Å²) in [7, 11) is 0. The topological polar surface area (TPSA) is 36.4 Å². The van der Waals surface area contributed by atoms with Gasteiger partial charge in [-0.05, 0) is 43.2 Å². The first-order valence-electron chi connectivity index (χ1n) is 7.77. The van der Waals surface area contributed by atoms with Crippen LogP contribution in [0.1, 0.15) is 21.6 Å². The van der Waals surface area contributed by atoms with Crippen molar-refractivity contribution in [3.8, 4) is 0 Å². The van der Waals surface area contributed by atoms with Gasteiger partial charge >= 0.3 is 0 Å². The molecule has 120 valence electrons. The summed E-state index contributed by atoms with van der Waals surface area (Å²) < 4.78 is 0. The van der Waals surface area contributed by atoms with Crippen LogP contribution in [0.25, 0.3) is 0 Å². The van der Waals surface area contributed by atoms with Crippen LogP contribution < -0.4 is 4.90 Å². The molecule has 2 aromatic rings. The van der Waals surface area contributed by atoms with E-state index in [0.717, 1.165) is 13.1 Å². The molecular weight excluding hydrogens is 310 g/mol. The first-order chi connectivity index (χ1) is 11.0. The van der Waals surface area contributed by atoms with Crippen LogP contribution in [-0.2, 0) is 0 Å². The molecule has 0 bridgehead atoms. The largest absolute Gasteiger partial charge is 0.368 e. The molecule has 0 N–H and O–H groups in total. The molecule has 2 heterocycles. The van der Waals surface area contributed by atoms with Crippen molar-refractivity contribution >= 4 is 23.2 Å². The van der Waals surface area contributed by atoms with Gasteiger partial charge in [0.15, 0.2) is 0 Å². The number of benzene rings is 1. The van der Waals surface area contributed by atoms with Crippen molar-refractivity contribution in [3.05, 3.63) is 58.4 Å². The van der Waals surface area contributed by atoms with E-state index >= 15 is 0 Å². The number of amides is 1. The minimum Gasteiger partial charge on any atom is -0.368 e. The van der Waals surface area contributed by atoms with Crippen molar-refractivity contribution < 1.29 is 4.79 Å². The van der Waals surface area contributed by atoms with Crippen molar-refractivity contribution in [2.24, 2.45) is 0 Å². The van der Waals surface area contributed by atoms with Crippen molar-refractivity contribution in [1.29, 1.82) is 0 Å². The van der Waals surface area contributed by atoms with E-state index in [9.17, 15) is 4.79 Å². The van der Waals surface area contributed by atoms with Crippen LogP contribution in [0.3, 0.4) is 0 Å². The lowest BCUT2D eigenvalue weighted by atomic mass is 10.1. The maximum atomic E-state index is 12.5. The molecule has 1 saturated heterocycles. The van der Waals surface area contributed by atoms with E-state index in [1.165, 1.54) is 16.8 Å². The third-order valence-electron chi connectivity index (χ3n) is 4.21. The van der Waals surface area contributed by atoms with E-state index in [-0.39, 0.29) is 5.91 Å². The average Bonchev–Trinajstić information content (AvgIpc) is 2.56. The molecule has 4 nitrogen and oxygen atoms in total. The second-order valence-electron chi connectivity index (χ2n) is 5.93. The highest BCUT2D eigenvalue weighted by molar-refractivity contribution is 6.30. The molecule has 1 aromatic heterocycles. The summed E-state index contributed by atoms with van der Waals surface area (Å²) in [6, 6.07) is 9.80. The fourth-order valence-electron chi connectivity index (χ4n) is 2.89. The van der Waals surface area contributed by atoms with E-state index in [2.05, 4.69) is 41.9 Å². The lowest BCUT2D eigenvalue weighted by Gasteiger charge is -2.36. The van der Waals surface area contributed by atoms with E-state index < -0.39 is 0 Å². The zero-order chi connectivity index (χ0) is 16.4. The van der Waals surface area contributed by atoms with Gasteiger partial charge < -0.3 is 9.80 Å². The molecule has 23 heavy (non-hydrogen) atoms. The normalized spacial score (nSPS) is 14.9. The van der Waals surface area contributed by atoms with Crippen LogP contribution in [0.15, 0.2) is 36.5 Å². The summed E-state index contributed by atoms with van der Waals surface area (Å²) in [5.74, 6) is -0.0480. The Bertz CT molecular complexity index is 724. The number of halogens is 1. The third-order valence-corrected chi connectivity index (χ3v) is 4.45. The molecular formula is C18H20ClN3O. The summed E-state index contributed by atoms with van der Waals surface area (Å²) >= 11 is 5.94. The summed E-state index contributed by atoms with van der Waals surface area (Å²) in [5, 5.41) is 0.539. The Labute approximate surface area is 141 Å². The first kappa shape index (κ1) is 15.8. The summed E-state index contributed by atoms with van der Waals surface area (Å²) in [5.41, 5.74) is 4.20. The van der Waals surface area contributed by atoms with Gasteiger partial charge in [0.1, 0.15) is 5.69 Å². The zero-order valence-corrected chi connectivity index (χ0v) is 14.2. The molecule has 1 aromatic carbocycles. The number of hydrogen-bond donors (Lipinski definition) is 0. The number of hydrogen-bond acceptors (Lipinski definition) is 3. The van der Waals surface area contributed by atoms with Gasteiger partial charge in [-0.15, -0.1) is 0 Å². The fraction of sp³-hybridized carbons (Fsp3) is 0.333. The molecule has 0 saturated carbocycles. The molecule has 3 rings (SSSR count). The monoisotopic (exact) mass is 329 g/mol. The number of nitrogens with zero attached hydrogens (tertiary/aromatic N) is 3. The average molecular weight is 330 g/mol. The third kappa shape index (κ3) is 3.48. The number of rotatable bonds is 2. The Morgan fingerprint density at radius 1 is 1.09 bits per heavy atom. The fourth-order valence-corrected chi connectivity index (χ4v) is 3.05. The summed E-state index contributed by atoms with van der Waals surface area (Å²) in [4.78, 5) is 20.8. The molecule has 1 amide bonds. The van der Waals surface area contributed by atoms with Crippen LogP contribution in [0.4, 0.5) is 5.69 Å². The van der Waals surface area contributed by atoms with Gasteiger partial charge in [-0.3, -0.25) is 9.78 Å². The predicted octanol–water partition coefficient (Wildman–Crippen LogP) is 3.31. The predicted molar refractivity (Wildman–Crippen MR) is 93.3 cm³/mol. The van der Waals surface area contributed by atoms with Gasteiger partial charge in [-0.1, -0.05) is 23.7 Å². The highest BCUT2D eigenvalue weighted by Gasteiger charge is 2.23. The smallest absolute Gasteiger partial charge is 0.272 e. The second-order valence-corrected chi connectivity index (χ2v) is 6.36. The number of aryl methyl sites for hydroxylation is 2. The maximum Gasteiger partial charge on any atom is 0.272 e. The van der Waals surface area contributed by atoms with Gasteiger partial charge in [0.25, 0.3) is 5.91 Å². The van der Waals surface area contributed by atoms with Crippen molar-refractivity contribution in [1.82, 2.24) is 9.88 Å². The molecule has 0 atom stereocenters. The second kappa shape index (κ2) is 6.59. The Balaban J connectivity index is 1.69. The van der Waals surface area contributed by atoms with Crippen LogP contribution in [-0.4, -0.2) is 42.0 Å². The van der Waals surface area contributed by atoms with Gasteiger partial charge in [0.2, 0.25) is 0 Å². The summed E-state index contributed by atoms with van der Waals surface area (Å²) in [6.45, 7) is 7.28. The van der Waals surface area contributed by atoms with E-state index in [0.29, 0.717) is 23.8 Å². The zero-order valence-electron chi connectivity index (χ0n) is 13.4.